The number of carbonyl (C=O) groups is 1. The van der Waals surface area contributed by atoms with Gasteiger partial charge in [0.25, 0.3) is 0 Å². The van der Waals surface area contributed by atoms with Crippen molar-refractivity contribution in [2.24, 2.45) is 4.99 Å². The molecule has 174 valence electrons. The van der Waals surface area contributed by atoms with E-state index in [-0.39, 0.29) is 5.56 Å². The number of fused-ring (bicyclic) bond motifs is 2. The second kappa shape index (κ2) is 9.02. The van der Waals surface area contributed by atoms with Gasteiger partial charge in [-0.15, -0.1) is 0 Å². The number of nitrogens with zero attached hydrogens (tertiary/aromatic N) is 4. The summed E-state index contributed by atoms with van der Waals surface area (Å²) in [6.07, 6.45) is 1.65. The predicted octanol–water partition coefficient (Wildman–Crippen LogP) is 4.22. The highest BCUT2D eigenvalue weighted by molar-refractivity contribution is 6.08. The first-order valence-electron chi connectivity index (χ1n) is 10.9. The van der Waals surface area contributed by atoms with Crippen molar-refractivity contribution in [3.05, 3.63) is 65.5 Å². The Hall–Kier alpha value is -4.13. The molecular formula is C27H29N4O3+. The highest BCUT2D eigenvalue weighted by atomic mass is 16.4. The van der Waals surface area contributed by atoms with Crippen LogP contribution in [0.5, 0.6) is 0 Å². The van der Waals surface area contributed by atoms with Crippen LogP contribution in [0, 0.1) is 0 Å². The van der Waals surface area contributed by atoms with E-state index in [1.807, 2.05) is 100 Å². The van der Waals surface area contributed by atoms with Gasteiger partial charge in [-0.25, -0.2) is 14.4 Å². The van der Waals surface area contributed by atoms with Crippen LogP contribution in [-0.4, -0.2) is 64.6 Å². The van der Waals surface area contributed by atoms with E-state index < -0.39 is 5.97 Å². The molecule has 4 rings (SSSR count). The predicted molar refractivity (Wildman–Crippen MR) is 139 cm³/mol. The topological polar surface area (TPSA) is 72.3 Å². The molecule has 34 heavy (non-hydrogen) atoms. The smallest absolute Gasteiger partial charge is 0.336 e. The summed E-state index contributed by atoms with van der Waals surface area (Å²) in [6.45, 7) is 0. The number of hydrogen-bond acceptors (Lipinski definition) is 4. The zero-order valence-corrected chi connectivity index (χ0v) is 20.3. The zero-order chi connectivity index (χ0) is 24.6. The van der Waals surface area contributed by atoms with Gasteiger partial charge >= 0.3 is 5.97 Å². The quantitative estimate of drug-likeness (QED) is 0.210. The van der Waals surface area contributed by atoms with Crippen molar-refractivity contribution >= 4 is 34.7 Å². The highest BCUT2D eigenvalue weighted by Gasteiger charge is 2.22. The molecule has 0 aromatic heterocycles. The summed E-state index contributed by atoms with van der Waals surface area (Å²) in [4.78, 5) is 20.5. The fraction of sp³-hybridized carbons (Fsp3) is 0.222. The fourth-order valence-corrected chi connectivity index (χ4v) is 3.90. The SMILES string of the molecule is CN(C)C=Nc1ccc(-c2c3ccc(=[N+](C)C)cc-3oc3cc(N(C)C)ccc23)c(C(=O)O)c1. The average Bonchev–Trinajstić information content (AvgIpc) is 2.80. The third-order valence-electron chi connectivity index (χ3n) is 5.66. The third kappa shape index (κ3) is 4.37. The van der Waals surface area contributed by atoms with Gasteiger partial charge in [0, 0.05) is 62.5 Å². The van der Waals surface area contributed by atoms with Crippen molar-refractivity contribution in [1.82, 2.24) is 9.48 Å². The average molecular weight is 458 g/mol. The third-order valence-corrected chi connectivity index (χ3v) is 5.66. The van der Waals surface area contributed by atoms with Crippen molar-refractivity contribution in [3.63, 3.8) is 0 Å². The molecule has 1 heterocycles. The van der Waals surface area contributed by atoms with Gasteiger partial charge in [0.2, 0.25) is 5.36 Å². The summed E-state index contributed by atoms with van der Waals surface area (Å²) in [5.74, 6) is -0.315. The van der Waals surface area contributed by atoms with Crippen LogP contribution in [0.25, 0.3) is 33.4 Å². The van der Waals surface area contributed by atoms with Crippen LogP contribution in [0.2, 0.25) is 0 Å². The van der Waals surface area contributed by atoms with E-state index in [2.05, 4.69) is 4.99 Å². The molecule has 7 heteroatoms. The minimum absolute atomic E-state index is 0.190. The normalized spacial score (nSPS) is 11.4. The maximum Gasteiger partial charge on any atom is 0.336 e. The lowest BCUT2D eigenvalue weighted by molar-refractivity contribution is 0.0697. The molecule has 1 aliphatic carbocycles. The van der Waals surface area contributed by atoms with Gasteiger partial charge in [0.1, 0.15) is 25.4 Å². The van der Waals surface area contributed by atoms with Crippen molar-refractivity contribution in [1.29, 1.82) is 0 Å². The van der Waals surface area contributed by atoms with Crippen LogP contribution in [0.1, 0.15) is 10.4 Å². The minimum Gasteiger partial charge on any atom is -0.478 e. The monoisotopic (exact) mass is 457 g/mol. The van der Waals surface area contributed by atoms with Crippen LogP contribution < -0.4 is 14.8 Å². The van der Waals surface area contributed by atoms with Crippen molar-refractivity contribution in [2.45, 2.75) is 0 Å². The maximum absolute atomic E-state index is 12.3. The van der Waals surface area contributed by atoms with Crippen molar-refractivity contribution < 1.29 is 14.3 Å². The van der Waals surface area contributed by atoms with Gasteiger partial charge in [-0.1, -0.05) is 6.07 Å². The van der Waals surface area contributed by atoms with Gasteiger partial charge in [-0.3, -0.25) is 0 Å². The molecule has 0 spiro atoms. The zero-order valence-electron chi connectivity index (χ0n) is 20.3. The summed E-state index contributed by atoms with van der Waals surface area (Å²) >= 11 is 0. The Kier molecular flexibility index (Phi) is 6.11. The van der Waals surface area contributed by atoms with E-state index in [0.29, 0.717) is 22.6 Å². The summed E-state index contributed by atoms with van der Waals surface area (Å²) in [5.41, 5.74) is 4.75. The van der Waals surface area contributed by atoms with Crippen LogP contribution in [0.15, 0.2) is 64.0 Å². The second-order valence-corrected chi connectivity index (χ2v) is 8.87. The van der Waals surface area contributed by atoms with Crippen LogP contribution in [-0.2, 0) is 0 Å². The molecule has 0 fully saturated rings. The number of carboxylic acids is 1. The molecule has 0 amide bonds. The fourth-order valence-electron chi connectivity index (χ4n) is 3.90. The number of carboxylic acid groups (broad SMARTS) is 1. The number of benzene rings is 3. The second-order valence-electron chi connectivity index (χ2n) is 8.87. The van der Waals surface area contributed by atoms with E-state index in [0.717, 1.165) is 27.6 Å². The first-order chi connectivity index (χ1) is 16.2. The number of aliphatic imine (C=N–C) groups is 1. The Morgan fingerprint density at radius 3 is 2.35 bits per heavy atom. The molecule has 0 saturated heterocycles. The molecule has 2 aromatic carbocycles. The molecule has 0 unspecified atom stereocenters. The summed E-state index contributed by atoms with van der Waals surface area (Å²) in [7, 11) is 11.6. The van der Waals surface area contributed by atoms with E-state index >= 15 is 0 Å². The number of rotatable bonds is 5. The van der Waals surface area contributed by atoms with Crippen molar-refractivity contribution in [2.75, 3.05) is 47.2 Å². The Labute approximate surface area is 198 Å². The van der Waals surface area contributed by atoms with E-state index in [1.165, 1.54) is 0 Å². The largest absolute Gasteiger partial charge is 0.478 e. The first-order valence-corrected chi connectivity index (χ1v) is 10.9. The molecule has 0 saturated carbocycles. The van der Waals surface area contributed by atoms with Gasteiger partial charge < -0.3 is 19.3 Å². The lowest BCUT2D eigenvalue weighted by Gasteiger charge is -2.19. The molecule has 2 aromatic rings. The lowest BCUT2D eigenvalue weighted by atomic mass is 9.90. The molecule has 0 bridgehead atoms. The number of anilines is 1. The summed E-state index contributed by atoms with van der Waals surface area (Å²) in [5, 5.41) is 12.0. The van der Waals surface area contributed by atoms with E-state index in [4.69, 9.17) is 4.42 Å². The van der Waals surface area contributed by atoms with E-state index in [9.17, 15) is 9.90 Å². The highest BCUT2D eigenvalue weighted by Crippen LogP contribution is 2.42. The van der Waals surface area contributed by atoms with Gasteiger partial charge in [-0.05, 0) is 35.9 Å². The lowest BCUT2D eigenvalue weighted by Crippen LogP contribution is -2.21. The van der Waals surface area contributed by atoms with Gasteiger partial charge in [-0.2, -0.15) is 0 Å². The number of hydrogen-bond donors (Lipinski definition) is 1. The van der Waals surface area contributed by atoms with Crippen LogP contribution >= 0.6 is 0 Å². The molecule has 1 N–H and O–H groups in total. The van der Waals surface area contributed by atoms with Crippen LogP contribution in [0.4, 0.5) is 11.4 Å². The molecular weight excluding hydrogens is 428 g/mol. The molecule has 2 aliphatic rings. The Morgan fingerprint density at radius 2 is 1.71 bits per heavy atom. The van der Waals surface area contributed by atoms with Gasteiger partial charge in [0.05, 0.1) is 23.7 Å². The van der Waals surface area contributed by atoms with Gasteiger partial charge in [0.15, 0.2) is 0 Å². The molecule has 7 nitrogen and oxygen atoms in total. The first kappa shape index (κ1) is 23.0. The maximum atomic E-state index is 12.3. The Balaban J connectivity index is 2.09. The molecule has 0 radical (unpaired) electrons. The van der Waals surface area contributed by atoms with Crippen molar-refractivity contribution in [3.8, 4) is 22.5 Å². The van der Waals surface area contributed by atoms with E-state index in [1.54, 1.807) is 17.3 Å². The summed E-state index contributed by atoms with van der Waals surface area (Å²) in [6, 6.07) is 17.3. The number of aromatic carboxylic acids is 1. The Morgan fingerprint density at radius 1 is 0.971 bits per heavy atom. The summed E-state index contributed by atoms with van der Waals surface area (Å²) < 4.78 is 8.36. The molecule has 0 atom stereocenters. The van der Waals surface area contributed by atoms with Crippen LogP contribution in [0.3, 0.4) is 0 Å². The Bertz CT molecular complexity index is 1460. The minimum atomic E-state index is -1.01. The molecule has 1 aliphatic heterocycles. The standard InChI is InChI=1S/C27H28N4O3/c1-29(2)16-28-17-7-10-20(23(13-17)27(32)33)26-21-11-8-18(30(3)4)14-24(21)34-25-15-19(31(5)6)9-12-22(25)26/h7-16H,1-6H3/p+1.